The molecular formula is C21H31N3O3S. The molecule has 28 heavy (non-hydrogen) atoms. The number of methoxy groups -OCH3 is 1. The van der Waals surface area contributed by atoms with E-state index < -0.39 is 0 Å². The van der Waals surface area contributed by atoms with Crippen molar-refractivity contribution in [3.8, 4) is 0 Å². The van der Waals surface area contributed by atoms with Gasteiger partial charge in [-0.05, 0) is 64.3 Å². The SMILES string of the molecule is COCCC1(c2noc(C3CCOCC3)n2)CCN(Cc2ccc(C)s2)CC1. The molecule has 0 unspecified atom stereocenters. The third kappa shape index (κ3) is 4.48. The molecule has 0 atom stereocenters. The van der Waals surface area contributed by atoms with Gasteiger partial charge in [-0.1, -0.05) is 5.16 Å². The molecule has 7 heteroatoms. The van der Waals surface area contributed by atoms with Crippen LogP contribution in [-0.4, -0.2) is 55.1 Å². The molecule has 0 radical (unpaired) electrons. The number of rotatable bonds is 7. The van der Waals surface area contributed by atoms with Crippen molar-refractivity contribution < 1.29 is 14.0 Å². The summed E-state index contributed by atoms with van der Waals surface area (Å²) in [7, 11) is 1.77. The number of aryl methyl sites for hydroxylation is 1. The molecule has 2 aliphatic rings. The fourth-order valence-corrected chi connectivity index (χ4v) is 5.31. The van der Waals surface area contributed by atoms with E-state index in [1.165, 1.54) is 9.75 Å². The first-order chi connectivity index (χ1) is 13.7. The van der Waals surface area contributed by atoms with Crippen molar-refractivity contribution >= 4 is 11.3 Å². The van der Waals surface area contributed by atoms with E-state index in [2.05, 4.69) is 29.1 Å². The third-order valence-electron chi connectivity index (χ3n) is 6.26. The highest BCUT2D eigenvalue weighted by molar-refractivity contribution is 7.11. The van der Waals surface area contributed by atoms with E-state index in [1.54, 1.807) is 7.11 Å². The Morgan fingerprint density at radius 2 is 2.04 bits per heavy atom. The van der Waals surface area contributed by atoms with Gasteiger partial charge in [0.15, 0.2) is 5.82 Å². The monoisotopic (exact) mass is 405 g/mol. The number of piperidine rings is 1. The highest BCUT2D eigenvalue weighted by Gasteiger charge is 2.40. The molecular weight excluding hydrogens is 374 g/mol. The topological polar surface area (TPSA) is 60.6 Å². The van der Waals surface area contributed by atoms with Crippen LogP contribution in [0.2, 0.25) is 0 Å². The minimum atomic E-state index is -0.0369. The Bertz CT molecular complexity index is 746. The molecule has 2 aromatic heterocycles. The van der Waals surface area contributed by atoms with Gasteiger partial charge in [-0.15, -0.1) is 11.3 Å². The van der Waals surface area contributed by atoms with Crippen LogP contribution >= 0.6 is 11.3 Å². The van der Waals surface area contributed by atoms with Crippen LogP contribution in [-0.2, 0) is 21.4 Å². The van der Waals surface area contributed by atoms with Crippen LogP contribution in [0.3, 0.4) is 0 Å². The van der Waals surface area contributed by atoms with E-state index in [4.69, 9.17) is 19.0 Å². The summed E-state index contributed by atoms with van der Waals surface area (Å²) >= 11 is 1.90. The Morgan fingerprint density at radius 3 is 2.71 bits per heavy atom. The predicted molar refractivity (Wildman–Crippen MR) is 109 cm³/mol. The van der Waals surface area contributed by atoms with Gasteiger partial charge >= 0.3 is 0 Å². The summed E-state index contributed by atoms with van der Waals surface area (Å²) in [6.45, 7) is 7.63. The number of aromatic nitrogens is 2. The van der Waals surface area contributed by atoms with Gasteiger partial charge in [0.2, 0.25) is 5.89 Å². The fourth-order valence-electron chi connectivity index (χ4n) is 4.37. The maximum Gasteiger partial charge on any atom is 0.229 e. The Balaban J connectivity index is 1.44. The second kappa shape index (κ2) is 9.03. The Labute approximate surface area is 171 Å². The van der Waals surface area contributed by atoms with Gasteiger partial charge in [-0.3, -0.25) is 4.90 Å². The van der Waals surface area contributed by atoms with E-state index in [-0.39, 0.29) is 5.41 Å². The van der Waals surface area contributed by atoms with Crippen LogP contribution in [0, 0.1) is 6.92 Å². The number of thiophene rings is 1. The summed E-state index contributed by atoms with van der Waals surface area (Å²) in [6.07, 6.45) is 4.99. The lowest BCUT2D eigenvalue weighted by Crippen LogP contribution is -2.43. The minimum absolute atomic E-state index is 0.0369. The number of likely N-dealkylation sites (tertiary alicyclic amines) is 1. The molecule has 0 aliphatic carbocycles. The first-order valence-corrected chi connectivity index (χ1v) is 11.2. The number of ether oxygens (including phenoxy) is 2. The van der Waals surface area contributed by atoms with Crippen molar-refractivity contribution in [1.82, 2.24) is 15.0 Å². The molecule has 0 aromatic carbocycles. The second-order valence-electron chi connectivity index (χ2n) is 8.15. The molecule has 6 nitrogen and oxygen atoms in total. The average molecular weight is 406 g/mol. The van der Waals surface area contributed by atoms with Crippen LogP contribution in [0.1, 0.15) is 59.5 Å². The third-order valence-corrected chi connectivity index (χ3v) is 7.25. The molecule has 4 heterocycles. The zero-order valence-electron chi connectivity index (χ0n) is 17.0. The molecule has 4 rings (SSSR count). The molecule has 0 spiro atoms. The number of hydrogen-bond donors (Lipinski definition) is 0. The van der Waals surface area contributed by atoms with E-state index in [0.29, 0.717) is 5.92 Å². The van der Waals surface area contributed by atoms with Gasteiger partial charge in [0.05, 0.1) is 0 Å². The van der Waals surface area contributed by atoms with E-state index in [9.17, 15) is 0 Å². The first-order valence-electron chi connectivity index (χ1n) is 10.4. The van der Waals surface area contributed by atoms with Crippen LogP contribution in [0.15, 0.2) is 16.7 Å². The van der Waals surface area contributed by atoms with E-state index in [0.717, 1.165) is 83.3 Å². The van der Waals surface area contributed by atoms with Crippen LogP contribution in [0.5, 0.6) is 0 Å². The van der Waals surface area contributed by atoms with E-state index >= 15 is 0 Å². The number of nitrogens with zero attached hydrogens (tertiary/aromatic N) is 3. The lowest BCUT2D eigenvalue weighted by molar-refractivity contribution is 0.0778. The largest absolute Gasteiger partial charge is 0.385 e. The second-order valence-corrected chi connectivity index (χ2v) is 9.53. The standard InChI is InChI=1S/C21H31N3O3S/c1-16-3-4-18(28-16)15-24-10-7-21(8-11-24,9-14-25-2)20-22-19(27-23-20)17-5-12-26-13-6-17/h3-4,17H,5-15H2,1-2H3. The van der Waals surface area contributed by atoms with Crippen LogP contribution in [0.25, 0.3) is 0 Å². The Hall–Kier alpha value is -1.28. The maximum atomic E-state index is 5.72. The van der Waals surface area contributed by atoms with Gasteiger partial charge in [0.25, 0.3) is 0 Å². The lowest BCUT2D eigenvalue weighted by Gasteiger charge is -2.39. The van der Waals surface area contributed by atoms with Crippen molar-refractivity contribution in [3.05, 3.63) is 33.6 Å². The minimum Gasteiger partial charge on any atom is -0.385 e. The quantitative estimate of drug-likeness (QED) is 0.696. The normalized spacial score (nSPS) is 21.2. The molecule has 2 saturated heterocycles. The summed E-state index contributed by atoms with van der Waals surface area (Å²) < 4.78 is 16.6. The maximum absolute atomic E-state index is 5.72. The van der Waals surface area contributed by atoms with Crippen molar-refractivity contribution in [2.24, 2.45) is 0 Å². The summed E-state index contributed by atoms with van der Waals surface area (Å²) in [6, 6.07) is 4.47. The van der Waals surface area contributed by atoms with Gasteiger partial charge in [0, 0.05) is 54.6 Å². The molecule has 0 saturated carbocycles. The van der Waals surface area contributed by atoms with Crippen molar-refractivity contribution in [3.63, 3.8) is 0 Å². The Kier molecular flexibility index (Phi) is 6.45. The molecule has 2 aromatic rings. The molecule has 2 fully saturated rings. The zero-order chi connectivity index (χ0) is 19.4. The van der Waals surface area contributed by atoms with Gasteiger partial charge in [-0.25, -0.2) is 0 Å². The van der Waals surface area contributed by atoms with Gasteiger partial charge in [0.1, 0.15) is 0 Å². The van der Waals surface area contributed by atoms with E-state index in [1.807, 2.05) is 11.3 Å². The van der Waals surface area contributed by atoms with Crippen molar-refractivity contribution in [1.29, 1.82) is 0 Å². The van der Waals surface area contributed by atoms with Crippen molar-refractivity contribution in [2.75, 3.05) is 40.0 Å². The van der Waals surface area contributed by atoms with Crippen LogP contribution < -0.4 is 0 Å². The van der Waals surface area contributed by atoms with Gasteiger partial charge in [-0.2, -0.15) is 4.98 Å². The molecule has 0 N–H and O–H groups in total. The van der Waals surface area contributed by atoms with Gasteiger partial charge < -0.3 is 14.0 Å². The van der Waals surface area contributed by atoms with Crippen molar-refractivity contribution in [2.45, 2.75) is 56.9 Å². The fraction of sp³-hybridized carbons (Fsp3) is 0.714. The molecule has 2 aliphatic heterocycles. The average Bonchev–Trinajstić information content (AvgIpc) is 3.38. The van der Waals surface area contributed by atoms with Crippen LogP contribution in [0.4, 0.5) is 0 Å². The highest BCUT2D eigenvalue weighted by Crippen LogP contribution is 2.39. The molecule has 154 valence electrons. The lowest BCUT2D eigenvalue weighted by atomic mass is 9.75. The molecule has 0 bridgehead atoms. The summed E-state index contributed by atoms with van der Waals surface area (Å²) in [5.74, 6) is 2.03. The first kappa shape index (κ1) is 20.0. The summed E-state index contributed by atoms with van der Waals surface area (Å²) in [5, 5.41) is 4.45. The Morgan fingerprint density at radius 1 is 1.25 bits per heavy atom. The molecule has 0 amide bonds. The zero-order valence-corrected chi connectivity index (χ0v) is 17.8. The summed E-state index contributed by atoms with van der Waals surface area (Å²) in [5.41, 5.74) is -0.0369. The predicted octanol–water partition coefficient (Wildman–Crippen LogP) is 3.90. The smallest absolute Gasteiger partial charge is 0.229 e. The highest BCUT2D eigenvalue weighted by atomic mass is 32.1. The summed E-state index contributed by atoms with van der Waals surface area (Å²) in [4.78, 5) is 10.3. The number of hydrogen-bond acceptors (Lipinski definition) is 7.